The third-order valence-electron chi connectivity index (χ3n) is 4.25. The maximum absolute atomic E-state index is 13.2. The van der Waals surface area contributed by atoms with Crippen molar-refractivity contribution >= 4 is 29.2 Å². The van der Waals surface area contributed by atoms with Crippen LogP contribution in [0.4, 0.5) is 29.3 Å². The number of ether oxygens (including phenoxy) is 1. The van der Waals surface area contributed by atoms with E-state index >= 15 is 0 Å². The summed E-state index contributed by atoms with van der Waals surface area (Å²) < 4.78 is 44.7. The highest BCUT2D eigenvalue weighted by Gasteiger charge is 2.32. The summed E-state index contributed by atoms with van der Waals surface area (Å²) >= 11 is 0. The van der Waals surface area contributed by atoms with Crippen LogP contribution in [0.3, 0.4) is 0 Å². The van der Waals surface area contributed by atoms with E-state index in [-0.39, 0.29) is 22.9 Å². The lowest BCUT2D eigenvalue weighted by atomic mass is 10.1. The maximum Gasteiger partial charge on any atom is 0.416 e. The molecule has 0 atom stereocenters. The summed E-state index contributed by atoms with van der Waals surface area (Å²) in [4.78, 5) is 39.4. The molecule has 3 N–H and O–H groups in total. The normalized spacial score (nSPS) is 11.8. The number of ketones is 1. The topological polar surface area (TPSA) is 100 Å². The lowest BCUT2D eigenvalue weighted by Crippen LogP contribution is -2.27. The van der Waals surface area contributed by atoms with Crippen molar-refractivity contribution in [1.29, 1.82) is 0 Å². The Morgan fingerprint density at radius 3 is 2.10 bits per heavy atom. The molecule has 1 aromatic heterocycles. The smallest absolute Gasteiger partial charge is 0.416 e. The van der Waals surface area contributed by atoms with Crippen molar-refractivity contribution in [3.8, 4) is 0 Å². The molecule has 0 saturated heterocycles. The first-order valence-corrected chi connectivity index (χ1v) is 9.33. The van der Waals surface area contributed by atoms with Gasteiger partial charge in [0.2, 0.25) is 0 Å². The molecular weight excluding hydrogens is 415 g/mol. The van der Waals surface area contributed by atoms with Crippen LogP contribution in [0, 0.1) is 13.8 Å². The number of rotatable bonds is 4. The van der Waals surface area contributed by atoms with Gasteiger partial charge in [0.05, 0.1) is 16.9 Å². The molecule has 1 aromatic carbocycles. The molecule has 2 rings (SSSR count). The van der Waals surface area contributed by atoms with Gasteiger partial charge in [-0.2, -0.15) is 13.2 Å². The standard InChI is InChI=1S/C21H24F3N3O4/c1-10-16(12(3)28)11(2)25-17(10)18(29)26-15-9-13(21(22,23)24)7-8-14(15)27-19(30)31-20(4,5)6/h7-9,25H,1-6H3,(H,26,29)(H,27,30). The number of carbonyl (C=O) groups is 3. The summed E-state index contributed by atoms with van der Waals surface area (Å²) in [7, 11) is 0. The molecular formula is C21H24F3N3O4. The van der Waals surface area contributed by atoms with Gasteiger partial charge in [-0.15, -0.1) is 0 Å². The number of alkyl halides is 3. The first kappa shape index (κ1) is 24.0. The van der Waals surface area contributed by atoms with Crippen LogP contribution >= 0.6 is 0 Å². The monoisotopic (exact) mass is 439 g/mol. The number of H-pyrrole nitrogens is 1. The van der Waals surface area contributed by atoms with Gasteiger partial charge in [-0.05, 0) is 65.3 Å². The van der Waals surface area contributed by atoms with E-state index in [1.54, 1.807) is 34.6 Å². The molecule has 0 aliphatic heterocycles. The van der Waals surface area contributed by atoms with Gasteiger partial charge in [0, 0.05) is 11.3 Å². The van der Waals surface area contributed by atoms with E-state index < -0.39 is 29.3 Å². The molecule has 7 nitrogen and oxygen atoms in total. The fourth-order valence-electron chi connectivity index (χ4n) is 3.04. The number of amides is 2. The van der Waals surface area contributed by atoms with E-state index in [0.717, 1.165) is 12.1 Å². The molecule has 0 aliphatic carbocycles. The van der Waals surface area contributed by atoms with Crippen molar-refractivity contribution < 1.29 is 32.3 Å². The van der Waals surface area contributed by atoms with Crippen LogP contribution in [0.25, 0.3) is 0 Å². The van der Waals surface area contributed by atoms with Crippen molar-refractivity contribution in [3.63, 3.8) is 0 Å². The Balaban J connectivity index is 2.43. The number of aromatic amines is 1. The Labute approximate surface area is 177 Å². The van der Waals surface area contributed by atoms with Crippen molar-refractivity contribution in [2.75, 3.05) is 10.6 Å². The number of hydrogen-bond acceptors (Lipinski definition) is 4. The molecule has 0 bridgehead atoms. The van der Waals surface area contributed by atoms with Gasteiger partial charge in [-0.25, -0.2) is 4.79 Å². The van der Waals surface area contributed by atoms with Crippen LogP contribution in [0.15, 0.2) is 18.2 Å². The van der Waals surface area contributed by atoms with Crippen LogP contribution < -0.4 is 10.6 Å². The van der Waals surface area contributed by atoms with Crippen molar-refractivity contribution in [1.82, 2.24) is 4.98 Å². The van der Waals surface area contributed by atoms with Crippen LogP contribution in [-0.4, -0.2) is 28.4 Å². The number of hydrogen-bond donors (Lipinski definition) is 3. The van der Waals surface area contributed by atoms with E-state index in [1.165, 1.54) is 6.92 Å². The number of nitrogens with one attached hydrogen (secondary N) is 3. The number of aromatic nitrogens is 1. The van der Waals surface area contributed by atoms with E-state index in [9.17, 15) is 27.6 Å². The Kier molecular flexibility index (Phi) is 6.53. The predicted octanol–water partition coefficient (Wildman–Crippen LogP) is 5.45. The van der Waals surface area contributed by atoms with E-state index in [0.29, 0.717) is 22.9 Å². The highest BCUT2D eigenvalue weighted by molar-refractivity contribution is 6.09. The van der Waals surface area contributed by atoms with Crippen molar-refractivity contribution in [3.05, 3.63) is 46.3 Å². The van der Waals surface area contributed by atoms with Crippen molar-refractivity contribution in [2.24, 2.45) is 0 Å². The number of aryl methyl sites for hydroxylation is 1. The zero-order valence-electron chi connectivity index (χ0n) is 18.0. The molecule has 0 saturated carbocycles. The van der Waals surface area contributed by atoms with Gasteiger partial charge >= 0.3 is 12.3 Å². The maximum atomic E-state index is 13.2. The Hall–Kier alpha value is -3.30. The number of anilines is 2. The largest absolute Gasteiger partial charge is 0.444 e. The van der Waals surface area contributed by atoms with Crippen LogP contribution in [-0.2, 0) is 10.9 Å². The average Bonchev–Trinajstić information content (AvgIpc) is 2.88. The van der Waals surface area contributed by atoms with E-state index in [2.05, 4.69) is 15.6 Å². The van der Waals surface area contributed by atoms with Gasteiger partial charge in [0.25, 0.3) is 5.91 Å². The minimum absolute atomic E-state index is 0.0309. The fraction of sp³-hybridized carbons (Fsp3) is 0.381. The Morgan fingerprint density at radius 2 is 1.61 bits per heavy atom. The second-order valence-electron chi connectivity index (χ2n) is 8.02. The van der Waals surface area contributed by atoms with Crippen molar-refractivity contribution in [2.45, 2.75) is 53.3 Å². The second-order valence-corrected chi connectivity index (χ2v) is 8.02. The van der Waals surface area contributed by atoms with Gasteiger partial charge in [0.15, 0.2) is 5.78 Å². The fourth-order valence-corrected chi connectivity index (χ4v) is 3.04. The zero-order valence-corrected chi connectivity index (χ0v) is 18.0. The average molecular weight is 439 g/mol. The first-order valence-electron chi connectivity index (χ1n) is 9.33. The quantitative estimate of drug-likeness (QED) is 0.551. The molecule has 2 aromatic rings. The molecule has 31 heavy (non-hydrogen) atoms. The first-order chi connectivity index (χ1) is 14.1. The molecule has 0 aliphatic rings. The lowest BCUT2D eigenvalue weighted by molar-refractivity contribution is -0.137. The predicted molar refractivity (Wildman–Crippen MR) is 110 cm³/mol. The highest BCUT2D eigenvalue weighted by Crippen LogP contribution is 2.34. The van der Waals surface area contributed by atoms with Crippen LogP contribution in [0.1, 0.15) is 65.4 Å². The van der Waals surface area contributed by atoms with Gasteiger partial charge in [0.1, 0.15) is 11.3 Å². The third-order valence-corrected chi connectivity index (χ3v) is 4.25. The molecule has 1 heterocycles. The van der Waals surface area contributed by atoms with E-state index in [1.807, 2.05) is 0 Å². The summed E-state index contributed by atoms with van der Waals surface area (Å²) in [5.41, 5.74) is -1.00. The lowest BCUT2D eigenvalue weighted by Gasteiger charge is -2.21. The summed E-state index contributed by atoms with van der Waals surface area (Å²) in [6.45, 7) is 9.41. The molecule has 0 unspecified atom stereocenters. The molecule has 0 fully saturated rings. The second kappa shape index (κ2) is 8.44. The minimum atomic E-state index is -4.66. The number of carbonyl (C=O) groups excluding carboxylic acids is 3. The summed E-state index contributed by atoms with van der Waals surface area (Å²) in [6, 6.07) is 2.51. The van der Waals surface area contributed by atoms with E-state index in [4.69, 9.17) is 4.74 Å². The molecule has 168 valence electrons. The number of halogens is 3. The number of benzene rings is 1. The summed E-state index contributed by atoms with van der Waals surface area (Å²) in [6.07, 6.45) is -5.56. The SMILES string of the molecule is CC(=O)c1c(C)[nH]c(C(=O)Nc2cc(C(F)(F)F)ccc2NC(=O)OC(C)(C)C)c1C. The number of Topliss-reactive ketones (excluding diaryl/α,β-unsaturated/α-hetero) is 1. The minimum Gasteiger partial charge on any atom is -0.444 e. The highest BCUT2D eigenvalue weighted by atomic mass is 19.4. The van der Waals surface area contributed by atoms with Crippen LogP contribution in [0.2, 0.25) is 0 Å². The molecule has 0 radical (unpaired) electrons. The molecule has 10 heteroatoms. The zero-order chi connectivity index (χ0) is 23.7. The van der Waals surface area contributed by atoms with Gasteiger partial charge < -0.3 is 15.0 Å². The van der Waals surface area contributed by atoms with Gasteiger partial charge in [-0.1, -0.05) is 0 Å². The molecule has 0 spiro atoms. The van der Waals surface area contributed by atoms with Crippen LogP contribution in [0.5, 0.6) is 0 Å². The third kappa shape index (κ3) is 5.87. The van der Waals surface area contributed by atoms with Gasteiger partial charge in [-0.3, -0.25) is 14.9 Å². The Bertz CT molecular complexity index is 1030. The summed E-state index contributed by atoms with van der Waals surface area (Å²) in [5, 5.41) is 4.72. The molecule has 2 amide bonds. The summed E-state index contributed by atoms with van der Waals surface area (Å²) in [5.74, 6) is -1.02. The Morgan fingerprint density at radius 1 is 1.00 bits per heavy atom.